The van der Waals surface area contributed by atoms with E-state index in [9.17, 15) is 0 Å². The molecule has 4 rings (SSSR count). The second kappa shape index (κ2) is 4.52. The molecule has 0 amide bonds. The molecule has 1 saturated heterocycles. The van der Waals surface area contributed by atoms with E-state index in [1.54, 1.807) is 0 Å². The summed E-state index contributed by atoms with van der Waals surface area (Å²) >= 11 is 0. The van der Waals surface area contributed by atoms with Crippen LogP contribution in [0.5, 0.6) is 0 Å². The Morgan fingerprint density at radius 3 is 2.63 bits per heavy atom. The van der Waals surface area contributed by atoms with Crippen molar-refractivity contribution in [1.82, 2.24) is 4.98 Å². The first-order chi connectivity index (χ1) is 9.40. The minimum atomic E-state index is 1.17. The molecule has 1 aromatic carbocycles. The van der Waals surface area contributed by atoms with Crippen LogP contribution in [0.25, 0.3) is 10.9 Å². The van der Waals surface area contributed by atoms with Crippen LogP contribution < -0.4 is 4.90 Å². The van der Waals surface area contributed by atoms with E-state index in [4.69, 9.17) is 4.98 Å². The average molecular weight is 252 g/mol. The van der Waals surface area contributed by atoms with Gasteiger partial charge in [0.1, 0.15) is 0 Å². The van der Waals surface area contributed by atoms with Crippen LogP contribution in [0.4, 0.5) is 5.69 Å². The molecule has 0 spiro atoms. The minimum absolute atomic E-state index is 1.17. The number of aromatic nitrogens is 1. The highest BCUT2D eigenvalue weighted by molar-refractivity contribution is 5.83. The monoisotopic (exact) mass is 252 g/mol. The molecule has 2 heterocycles. The van der Waals surface area contributed by atoms with Gasteiger partial charge in [-0.3, -0.25) is 4.98 Å². The molecule has 2 heteroatoms. The summed E-state index contributed by atoms with van der Waals surface area (Å²) in [6.07, 6.45) is 7.67. The lowest BCUT2D eigenvalue weighted by molar-refractivity contribution is 0.671. The van der Waals surface area contributed by atoms with Crippen LogP contribution in [0.2, 0.25) is 0 Å². The number of rotatable bonds is 1. The maximum Gasteiger partial charge on any atom is 0.0726 e. The molecule has 0 radical (unpaired) electrons. The summed E-state index contributed by atoms with van der Waals surface area (Å²) in [6.45, 7) is 2.41. The maximum atomic E-state index is 4.92. The molecular weight excluding hydrogens is 232 g/mol. The zero-order chi connectivity index (χ0) is 12.7. The van der Waals surface area contributed by atoms with Crippen molar-refractivity contribution in [3.05, 3.63) is 35.5 Å². The van der Waals surface area contributed by atoms with Gasteiger partial charge in [0.05, 0.1) is 5.52 Å². The highest BCUT2D eigenvalue weighted by Crippen LogP contribution is 2.28. The van der Waals surface area contributed by atoms with Crippen LogP contribution in [-0.4, -0.2) is 18.1 Å². The molecule has 2 aromatic rings. The van der Waals surface area contributed by atoms with Gasteiger partial charge in [-0.1, -0.05) is 6.07 Å². The number of benzene rings is 1. The van der Waals surface area contributed by atoms with Gasteiger partial charge in [-0.15, -0.1) is 0 Å². The standard InChI is InChI=1S/C17H20N2/c1-2-6-16-13(5-1)11-14-7-8-15(12-17(14)18-16)19-9-3-4-10-19/h7-8,11-12H,1-6,9-10H2. The predicted octanol–water partition coefficient (Wildman–Crippen LogP) is 3.71. The Kier molecular flexibility index (Phi) is 2.68. The van der Waals surface area contributed by atoms with E-state index < -0.39 is 0 Å². The van der Waals surface area contributed by atoms with Crippen molar-refractivity contribution in [2.75, 3.05) is 18.0 Å². The van der Waals surface area contributed by atoms with E-state index in [-0.39, 0.29) is 0 Å². The summed E-state index contributed by atoms with van der Waals surface area (Å²) in [5.41, 5.74) is 5.36. The SMILES string of the molecule is c1cc2cc3c(nc2cc1N1CCCC1)CCCC3. The molecule has 2 aliphatic rings. The third kappa shape index (κ3) is 1.99. The summed E-state index contributed by atoms with van der Waals surface area (Å²) < 4.78 is 0. The predicted molar refractivity (Wildman–Crippen MR) is 79.8 cm³/mol. The zero-order valence-corrected chi connectivity index (χ0v) is 11.4. The number of anilines is 1. The molecule has 0 bridgehead atoms. The molecule has 0 saturated carbocycles. The number of hydrogen-bond donors (Lipinski definition) is 0. The van der Waals surface area contributed by atoms with Gasteiger partial charge >= 0.3 is 0 Å². The zero-order valence-electron chi connectivity index (χ0n) is 11.4. The number of nitrogens with zero attached hydrogens (tertiary/aromatic N) is 2. The summed E-state index contributed by atoms with van der Waals surface area (Å²) in [4.78, 5) is 7.41. The summed E-state index contributed by atoms with van der Waals surface area (Å²) in [5, 5.41) is 1.31. The minimum Gasteiger partial charge on any atom is -0.371 e. The van der Waals surface area contributed by atoms with Crippen molar-refractivity contribution in [1.29, 1.82) is 0 Å². The number of fused-ring (bicyclic) bond motifs is 2. The lowest BCUT2D eigenvalue weighted by Gasteiger charge is -2.19. The van der Waals surface area contributed by atoms with Crippen molar-refractivity contribution in [3.8, 4) is 0 Å². The lowest BCUT2D eigenvalue weighted by atomic mass is 9.95. The quantitative estimate of drug-likeness (QED) is 0.769. The Morgan fingerprint density at radius 1 is 0.895 bits per heavy atom. The molecule has 0 N–H and O–H groups in total. The third-order valence-electron chi connectivity index (χ3n) is 4.55. The molecule has 1 aliphatic carbocycles. The largest absolute Gasteiger partial charge is 0.371 e. The molecule has 1 aliphatic heterocycles. The molecule has 0 unspecified atom stereocenters. The van der Waals surface area contributed by atoms with E-state index in [1.807, 2.05) is 0 Å². The summed E-state index contributed by atoms with van der Waals surface area (Å²) in [6, 6.07) is 9.18. The van der Waals surface area contributed by atoms with Crippen LogP contribution in [0, 0.1) is 0 Å². The smallest absolute Gasteiger partial charge is 0.0726 e. The van der Waals surface area contributed by atoms with Crippen LogP contribution in [0.15, 0.2) is 24.3 Å². The van der Waals surface area contributed by atoms with Gasteiger partial charge in [0, 0.05) is 29.9 Å². The van der Waals surface area contributed by atoms with Gasteiger partial charge in [0.2, 0.25) is 0 Å². The average Bonchev–Trinajstić information content (AvgIpc) is 2.98. The Hall–Kier alpha value is -1.57. The van der Waals surface area contributed by atoms with Crippen LogP contribution in [0.1, 0.15) is 36.9 Å². The first-order valence-corrected chi connectivity index (χ1v) is 7.58. The highest BCUT2D eigenvalue weighted by Gasteiger charge is 2.15. The Labute approximate surface area is 114 Å². The highest BCUT2D eigenvalue weighted by atomic mass is 15.1. The van der Waals surface area contributed by atoms with Gasteiger partial charge in [-0.25, -0.2) is 0 Å². The van der Waals surface area contributed by atoms with Crippen molar-refractivity contribution < 1.29 is 0 Å². The van der Waals surface area contributed by atoms with Crippen molar-refractivity contribution in [2.45, 2.75) is 38.5 Å². The molecule has 98 valence electrons. The first-order valence-electron chi connectivity index (χ1n) is 7.58. The molecule has 0 atom stereocenters. The van der Waals surface area contributed by atoms with Gasteiger partial charge in [-0.2, -0.15) is 0 Å². The topological polar surface area (TPSA) is 16.1 Å². The van der Waals surface area contributed by atoms with Crippen molar-refractivity contribution in [3.63, 3.8) is 0 Å². The third-order valence-corrected chi connectivity index (χ3v) is 4.55. The lowest BCUT2D eigenvalue weighted by Crippen LogP contribution is -2.17. The fourth-order valence-electron chi connectivity index (χ4n) is 3.45. The Balaban J connectivity index is 1.79. The molecule has 1 fully saturated rings. The van der Waals surface area contributed by atoms with Gasteiger partial charge in [0.15, 0.2) is 0 Å². The van der Waals surface area contributed by atoms with E-state index >= 15 is 0 Å². The number of aryl methyl sites for hydroxylation is 2. The fourth-order valence-corrected chi connectivity index (χ4v) is 3.45. The van der Waals surface area contributed by atoms with E-state index in [0.717, 1.165) is 0 Å². The van der Waals surface area contributed by atoms with Crippen LogP contribution in [0.3, 0.4) is 0 Å². The van der Waals surface area contributed by atoms with Gasteiger partial charge in [-0.05, 0) is 62.3 Å². The molecule has 19 heavy (non-hydrogen) atoms. The van der Waals surface area contributed by atoms with Gasteiger partial charge < -0.3 is 4.90 Å². The maximum absolute atomic E-state index is 4.92. The van der Waals surface area contributed by atoms with Gasteiger partial charge in [0.25, 0.3) is 0 Å². The number of hydrogen-bond acceptors (Lipinski definition) is 2. The molecule has 2 nitrogen and oxygen atoms in total. The fraction of sp³-hybridized carbons (Fsp3) is 0.471. The van der Waals surface area contributed by atoms with E-state index in [1.165, 1.54) is 79.5 Å². The van der Waals surface area contributed by atoms with Crippen LogP contribution >= 0.6 is 0 Å². The normalized spacial score (nSPS) is 18.8. The Morgan fingerprint density at radius 2 is 1.74 bits per heavy atom. The number of pyridine rings is 1. The van der Waals surface area contributed by atoms with Crippen molar-refractivity contribution in [2.24, 2.45) is 0 Å². The van der Waals surface area contributed by atoms with E-state index in [2.05, 4.69) is 29.2 Å². The van der Waals surface area contributed by atoms with E-state index in [0.29, 0.717) is 0 Å². The second-order valence-electron chi connectivity index (χ2n) is 5.87. The summed E-state index contributed by atoms with van der Waals surface area (Å²) in [5.74, 6) is 0. The second-order valence-corrected chi connectivity index (χ2v) is 5.87. The molecule has 1 aromatic heterocycles. The van der Waals surface area contributed by atoms with Crippen molar-refractivity contribution >= 4 is 16.6 Å². The first kappa shape index (κ1) is 11.3. The molecular formula is C17H20N2. The van der Waals surface area contributed by atoms with Crippen LogP contribution in [-0.2, 0) is 12.8 Å². The summed E-state index contributed by atoms with van der Waals surface area (Å²) in [7, 11) is 0. The Bertz CT molecular complexity index is 612.